The van der Waals surface area contributed by atoms with Crippen molar-refractivity contribution in [2.24, 2.45) is 0 Å². The van der Waals surface area contributed by atoms with Gasteiger partial charge in [-0.15, -0.1) is 11.8 Å². The highest BCUT2D eigenvalue weighted by Crippen LogP contribution is 2.19. The number of hydrogen-bond acceptors (Lipinski definition) is 4. The Balaban J connectivity index is 1.68. The van der Waals surface area contributed by atoms with E-state index in [1.807, 2.05) is 54.2 Å². The van der Waals surface area contributed by atoms with Gasteiger partial charge in [0.05, 0.1) is 13.2 Å². The second kappa shape index (κ2) is 8.72. The number of rotatable bonds is 8. The average molecular weight is 303 g/mol. The van der Waals surface area contributed by atoms with Crippen molar-refractivity contribution in [3.8, 4) is 5.75 Å². The molecule has 1 atom stereocenters. The van der Waals surface area contributed by atoms with E-state index in [0.717, 1.165) is 23.6 Å². The van der Waals surface area contributed by atoms with Crippen LogP contribution in [-0.2, 0) is 0 Å². The fourth-order valence-electron chi connectivity index (χ4n) is 1.96. The standard InChI is InChI=1S/C17H21NO2S/c1-20-15-7-5-6-14(12-15)17(19)13-18-10-11-21-16-8-3-2-4-9-16/h2-9,12,17-19H,10-11,13H2,1H3. The molecule has 0 aliphatic carbocycles. The summed E-state index contributed by atoms with van der Waals surface area (Å²) in [6.07, 6.45) is -0.512. The molecule has 0 saturated heterocycles. The summed E-state index contributed by atoms with van der Waals surface area (Å²) in [5, 5.41) is 13.4. The Labute approximate surface area is 130 Å². The van der Waals surface area contributed by atoms with Crippen LogP contribution in [0.25, 0.3) is 0 Å². The van der Waals surface area contributed by atoms with Gasteiger partial charge in [-0.1, -0.05) is 30.3 Å². The molecule has 112 valence electrons. The molecule has 4 heteroatoms. The van der Waals surface area contributed by atoms with Crippen LogP contribution in [0, 0.1) is 0 Å². The van der Waals surface area contributed by atoms with Gasteiger partial charge in [-0.3, -0.25) is 0 Å². The van der Waals surface area contributed by atoms with Gasteiger partial charge >= 0.3 is 0 Å². The highest BCUT2D eigenvalue weighted by Gasteiger charge is 2.07. The van der Waals surface area contributed by atoms with Crippen LogP contribution in [0.1, 0.15) is 11.7 Å². The molecule has 0 radical (unpaired) electrons. The first kappa shape index (κ1) is 15.9. The zero-order chi connectivity index (χ0) is 14.9. The van der Waals surface area contributed by atoms with Gasteiger partial charge in [-0.2, -0.15) is 0 Å². The molecule has 2 N–H and O–H groups in total. The maximum atomic E-state index is 10.1. The van der Waals surface area contributed by atoms with Crippen LogP contribution in [0.5, 0.6) is 5.75 Å². The van der Waals surface area contributed by atoms with Gasteiger partial charge in [0, 0.05) is 23.7 Å². The summed E-state index contributed by atoms with van der Waals surface area (Å²) in [6, 6.07) is 17.9. The summed E-state index contributed by atoms with van der Waals surface area (Å²) in [6.45, 7) is 1.41. The fourth-order valence-corrected chi connectivity index (χ4v) is 2.79. The number of methoxy groups -OCH3 is 1. The number of thioether (sulfide) groups is 1. The van der Waals surface area contributed by atoms with Crippen molar-refractivity contribution in [2.75, 3.05) is 26.0 Å². The first-order chi connectivity index (χ1) is 10.3. The molecule has 0 bridgehead atoms. The van der Waals surface area contributed by atoms with E-state index >= 15 is 0 Å². The van der Waals surface area contributed by atoms with Crippen molar-refractivity contribution in [1.29, 1.82) is 0 Å². The third-order valence-electron chi connectivity index (χ3n) is 3.11. The van der Waals surface area contributed by atoms with Crippen molar-refractivity contribution in [3.05, 3.63) is 60.2 Å². The minimum Gasteiger partial charge on any atom is -0.497 e. The first-order valence-electron chi connectivity index (χ1n) is 7.00. The van der Waals surface area contributed by atoms with E-state index in [1.54, 1.807) is 7.11 Å². The quantitative estimate of drug-likeness (QED) is 0.581. The Kier molecular flexibility index (Phi) is 6.60. The topological polar surface area (TPSA) is 41.5 Å². The molecule has 0 aromatic heterocycles. The SMILES string of the molecule is COc1cccc(C(O)CNCCSc2ccccc2)c1. The Morgan fingerprint density at radius 3 is 2.71 bits per heavy atom. The summed E-state index contributed by atoms with van der Waals surface area (Å²) < 4.78 is 5.16. The highest BCUT2D eigenvalue weighted by atomic mass is 32.2. The molecule has 3 nitrogen and oxygen atoms in total. The normalized spacial score (nSPS) is 12.1. The Bertz CT molecular complexity index is 533. The van der Waals surface area contributed by atoms with Crippen LogP contribution in [0.3, 0.4) is 0 Å². The van der Waals surface area contributed by atoms with E-state index in [0.29, 0.717) is 6.54 Å². The summed E-state index contributed by atoms with van der Waals surface area (Å²) in [5.74, 6) is 1.75. The maximum absolute atomic E-state index is 10.1. The minimum atomic E-state index is -0.512. The lowest BCUT2D eigenvalue weighted by molar-refractivity contribution is 0.175. The molecule has 2 aromatic carbocycles. The van der Waals surface area contributed by atoms with Crippen molar-refractivity contribution < 1.29 is 9.84 Å². The molecule has 0 aliphatic heterocycles. The first-order valence-corrected chi connectivity index (χ1v) is 7.99. The summed E-state index contributed by atoms with van der Waals surface area (Å²) in [7, 11) is 1.63. The van der Waals surface area contributed by atoms with Crippen LogP contribution < -0.4 is 10.1 Å². The number of aliphatic hydroxyl groups is 1. The predicted molar refractivity (Wildman–Crippen MR) is 88.0 cm³/mol. The van der Waals surface area contributed by atoms with E-state index in [2.05, 4.69) is 17.4 Å². The number of nitrogens with one attached hydrogen (secondary N) is 1. The van der Waals surface area contributed by atoms with E-state index in [-0.39, 0.29) is 0 Å². The molecular weight excluding hydrogens is 282 g/mol. The number of aliphatic hydroxyl groups excluding tert-OH is 1. The Morgan fingerprint density at radius 1 is 1.14 bits per heavy atom. The van der Waals surface area contributed by atoms with Gasteiger partial charge < -0.3 is 15.2 Å². The lowest BCUT2D eigenvalue weighted by atomic mass is 10.1. The molecule has 2 rings (SSSR count). The van der Waals surface area contributed by atoms with E-state index in [9.17, 15) is 5.11 Å². The molecule has 2 aromatic rings. The highest BCUT2D eigenvalue weighted by molar-refractivity contribution is 7.99. The number of benzene rings is 2. The maximum Gasteiger partial charge on any atom is 0.119 e. The van der Waals surface area contributed by atoms with E-state index < -0.39 is 6.10 Å². The second-order valence-corrected chi connectivity index (χ2v) is 5.83. The molecule has 1 unspecified atom stereocenters. The molecule has 0 fully saturated rings. The summed E-state index contributed by atoms with van der Waals surface area (Å²) in [5.41, 5.74) is 0.873. The van der Waals surface area contributed by atoms with Crippen molar-refractivity contribution in [2.45, 2.75) is 11.0 Å². The number of hydrogen-bond donors (Lipinski definition) is 2. The molecule has 0 saturated carbocycles. The third-order valence-corrected chi connectivity index (χ3v) is 4.12. The minimum absolute atomic E-state index is 0.512. The predicted octanol–water partition coefficient (Wildman–Crippen LogP) is 3.11. The third kappa shape index (κ3) is 5.42. The van der Waals surface area contributed by atoms with Gasteiger partial charge in [0.15, 0.2) is 0 Å². The zero-order valence-corrected chi connectivity index (χ0v) is 13.0. The monoisotopic (exact) mass is 303 g/mol. The zero-order valence-electron chi connectivity index (χ0n) is 12.2. The average Bonchev–Trinajstić information content (AvgIpc) is 2.55. The molecule has 0 spiro atoms. The molecule has 0 heterocycles. The van der Waals surface area contributed by atoms with E-state index in [4.69, 9.17) is 4.74 Å². The van der Waals surface area contributed by atoms with Gasteiger partial charge in [0.2, 0.25) is 0 Å². The van der Waals surface area contributed by atoms with Gasteiger partial charge in [-0.05, 0) is 29.8 Å². The number of ether oxygens (including phenoxy) is 1. The van der Waals surface area contributed by atoms with Gasteiger partial charge in [0.25, 0.3) is 0 Å². The largest absolute Gasteiger partial charge is 0.497 e. The lowest BCUT2D eigenvalue weighted by Gasteiger charge is -2.13. The van der Waals surface area contributed by atoms with Gasteiger partial charge in [-0.25, -0.2) is 0 Å². The van der Waals surface area contributed by atoms with Crippen LogP contribution in [0.15, 0.2) is 59.5 Å². The molecular formula is C17H21NO2S. The molecule has 0 aliphatic rings. The smallest absolute Gasteiger partial charge is 0.119 e. The fraction of sp³-hybridized carbons (Fsp3) is 0.294. The summed E-state index contributed by atoms with van der Waals surface area (Å²) in [4.78, 5) is 1.27. The van der Waals surface area contributed by atoms with E-state index in [1.165, 1.54) is 4.90 Å². The van der Waals surface area contributed by atoms with Gasteiger partial charge in [0.1, 0.15) is 5.75 Å². The second-order valence-electron chi connectivity index (χ2n) is 4.66. The van der Waals surface area contributed by atoms with Crippen LogP contribution in [0.2, 0.25) is 0 Å². The summed E-state index contributed by atoms with van der Waals surface area (Å²) >= 11 is 1.81. The van der Waals surface area contributed by atoms with Crippen LogP contribution >= 0.6 is 11.8 Å². The van der Waals surface area contributed by atoms with Crippen molar-refractivity contribution >= 4 is 11.8 Å². The molecule has 21 heavy (non-hydrogen) atoms. The van der Waals surface area contributed by atoms with Crippen molar-refractivity contribution in [1.82, 2.24) is 5.32 Å². The van der Waals surface area contributed by atoms with Crippen LogP contribution in [0.4, 0.5) is 0 Å². The lowest BCUT2D eigenvalue weighted by Crippen LogP contribution is -2.23. The van der Waals surface area contributed by atoms with Crippen molar-refractivity contribution in [3.63, 3.8) is 0 Å². The molecule has 0 amide bonds. The Hall–Kier alpha value is -1.49. The Morgan fingerprint density at radius 2 is 1.95 bits per heavy atom. The van der Waals surface area contributed by atoms with Crippen LogP contribution in [-0.4, -0.2) is 31.1 Å².